The zero-order valence-corrected chi connectivity index (χ0v) is 17.0. The Morgan fingerprint density at radius 1 is 1.17 bits per heavy atom. The first-order chi connectivity index (χ1) is 13.8. The fraction of sp³-hybridized carbons (Fsp3) is 0.238. The summed E-state index contributed by atoms with van der Waals surface area (Å²) in [6.07, 6.45) is 2.69. The molecule has 0 spiro atoms. The van der Waals surface area contributed by atoms with E-state index in [1.807, 2.05) is 6.07 Å². The Hall–Kier alpha value is -3.02. The molecule has 152 valence electrons. The molecular weight excluding hydrogens is 393 g/mol. The molecule has 1 unspecified atom stereocenters. The van der Waals surface area contributed by atoms with Crippen molar-refractivity contribution in [3.8, 4) is 6.07 Å². The number of hydrogen-bond acceptors (Lipinski definition) is 4. The van der Waals surface area contributed by atoms with Crippen molar-refractivity contribution in [2.45, 2.75) is 24.8 Å². The number of nitrogens with one attached hydrogen (secondary N) is 1. The van der Waals surface area contributed by atoms with Gasteiger partial charge in [-0.15, -0.1) is 0 Å². The van der Waals surface area contributed by atoms with E-state index in [0.717, 1.165) is 0 Å². The summed E-state index contributed by atoms with van der Waals surface area (Å²) in [5, 5.41) is 11.6. The second-order valence-electron chi connectivity index (χ2n) is 6.08. The van der Waals surface area contributed by atoms with Crippen molar-refractivity contribution >= 4 is 22.0 Å². The molecule has 29 heavy (non-hydrogen) atoms. The van der Waals surface area contributed by atoms with Crippen molar-refractivity contribution in [2.75, 3.05) is 13.1 Å². The van der Waals surface area contributed by atoms with E-state index >= 15 is 0 Å². The Balaban J connectivity index is 2.09. The van der Waals surface area contributed by atoms with Crippen LogP contribution in [0, 0.1) is 17.1 Å². The van der Waals surface area contributed by atoms with Gasteiger partial charge in [-0.1, -0.05) is 44.2 Å². The van der Waals surface area contributed by atoms with Gasteiger partial charge >= 0.3 is 0 Å². The molecule has 0 bridgehead atoms. The van der Waals surface area contributed by atoms with E-state index < -0.39 is 27.8 Å². The number of rotatable bonds is 8. The van der Waals surface area contributed by atoms with Crippen molar-refractivity contribution in [2.24, 2.45) is 0 Å². The lowest BCUT2D eigenvalue weighted by Crippen LogP contribution is -2.30. The fourth-order valence-corrected chi connectivity index (χ4v) is 4.17. The van der Waals surface area contributed by atoms with Crippen molar-refractivity contribution in [3.05, 3.63) is 71.6 Å². The SMILES string of the molecule is CCN(CC)S(=O)(=O)c1ccc(/C=C/C(=O)NC(C#N)c2ccccc2F)cc1. The van der Waals surface area contributed by atoms with E-state index in [1.54, 1.807) is 32.0 Å². The van der Waals surface area contributed by atoms with Gasteiger partial charge in [0.15, 0.2) is 0 Å². The highest BCUT2D eigenvalue weighted by molar-refractivity contribution is 7.89. The number of nitrogens with zero attached hydrogens (tertiary/aromatic N) is 2. The molecular formula is C21H22FN3O3S. The zero-order valence-electron chi connectivity index (χ0n) is 16.2. The Kier molecular flexibility index (Phi) is 7.65. The third-order valence-corrected chi connectivity index (χ3v) is 6.35. The molecule has 1 N–H and O–H groups in total. The van der Waals surface area contributed by atoms with Crippen LogP contribution in [0.3, 0.4) is 0 Å². The number of sulfonamides is 1. The number of benzene rings is 2. The van der Waals surface area contributed by atoms with Gasteiger partial charge in [-0.05, 0) is 29.8 Å². The first-order valence-electron chi connectivity index (χ1n) is 9.06. The largest absolute Gasteiger partial charge is 0.333 e. The van der Waals surface area contributed by atoms with Gasteiger partial charge in [0.1, 0.15) is 11.9 Å². The van der Waals surface area contributed by atoms with E-state index in [4.69, 9.17) is 0 Å². The summed E-state index contributed by atoms with van der Waals surface area (Å²) in [6.45, 7) is 4.30. The maximum atomic E-state index is 13.8. The number of carbonyl (C=O) groups excluding carboxylic acids is 1. The van der Waals surface area contributed by atoms with E-state index in [9.17, 15) is 22.9 Å². The quantitative estimate of drug-likeness (QED) is 0.670. The molecule has 0 radical (unpaired) electrons. The van der Waals surface area contributed by atoms with Gasteiger partial charge < -0.3 is 5.32 Å². The Morgan fingerprint density at radius 2 is 1.79 bits per heavy atom. The minimum Gasteiger partial charge on any atom is -0.333 e. The average Bonchev–Trinajstić information content (AvgIpc) is 2.72. The fourth-order valence-electron chi connectivity index (χ4n) is 2.71. The smallest absolute Gasteiger partial charge is 0.245 e. The van der Waals surface area contributed by atoms with Crippen LogP contribution >= 0.6 is 0 Å². The third-order valence-electron chi connectivity index (χ3n) is 4.28. The van der Waals surface area contributed by atoms with E-state index in [0.29, 0.717) is 18.7 Å². The molecule has 0 saturated carbocycles. The zero-order chi connectivity index (χ0) is 21.4. The standard InChI is InChI=1S/C21H22FN3O3S/c1-3-25(4-2)29(27,28)17-12-9-16(10-13-17)11-14-21(26)24-20(15-23)18-7-5-6-8-19(18)22/h5-14,20H,3-4H2,1-2H3,(H,24,26)/b14-11+. The van der Waals surface area contributed by atoms with Crippen molar-refractivity contribution in [3.63, 3.8) is 0 Å². The third kappa shape index (κ3) is 5.50. The molecule has 2 rings (SSSR count). The van der Waals surface area contributed by atoms with Gasteiger partial charge in [-0.3, -0.25) is 4.79 Å². The van der Waals surface area contributed by atoms with Gasteiger partial charge in [-0.25, -0.2) is 12.8 Å². The molecule has 2 aromatic carbocycles. The topological polar surface area (TPSA) is 90.3 Å². The molecule has 2 aromatic rings. The summed E-state index contributed by atoms with van der Waals surface area (Å²) in [5.41, 5.74) is 0.695. The maximum absolute atomic E-state index is 13.8. The predicted octanol–water partition coefficient (Wildman–Crippen LogP) is 3.25. The van der Waals surface area contributed by atoms with E-state index in [2.05, 4.69) is 5.32 Å². The molecule has 1 atom stereocenters. The minimum atomic E-state index is -3.54. The molecule has 0 aromatic heterocycles. The summed E-state index contributed by atoms with van der Waals surface area (Å²) in [4.78, 5) is 12.3. The van der Waals surface area contributed by atoms with Crippen LogP contribution < -0.4 is 5.32 Å². The van der Waals surface area contributed by atoms with Crippen LogP contribution in [0.5, 0.6) is 0 Å². The van der Waals surface area contributed by atoms with Crippen LogP contribution in [0.1, 0.15) is 31.0 Å². The molecule has 1 amide bonds. The Labute approximate surface area is 170 Å². The minimum absolute atomic E-state index is 0.0858. The molecule has 0 aliphatic heterocycles. The maximum Gasteiger partial charge on any atom is 0.245 e. The van der Waals surface area contributed by atoms with Crippen LogP contribution in [-0.4, -0.2) is 31.7 Å². The summed E-state index contributed by atoms with van der Waals surface area (Å²) in [6, 6.07) is 12.6. The summed E-state index contributed by atoms with van der Waals surface area (Å²) in [5.74, 6) is -1.15. The number of halogens is 1. The number of amides is 1. The monoisotopic (exact) mass is 415 g/mol. The van der Waals surface area contributed by atoms with Crippen LogP contribution in [0.15, 0.2) is 59.5 Å². The summed E-state index contributed by atoms with van der Waals surface area (Å²) >= 11 is 0. The highest BCUT2D eigenvalue weighted by Gasteiger charge is 2.21. The van der Waals surface area contributed by atoms with E-state index in [1.165, 1.54) is 46.8 Å². The number of hydrogen-bond donors (Lipinski definition) is 1. The lowest BCUT2D eigenvalue weighted by Gasteiger charge is -2.18. The van der Waals surface area contributed by atoms with Crippen LogP contribution in [-0.2, 0) is 14.8 Å². The highest BCUT2D eigenvalue weighted by Crippen LogP contribution is 2.18. The van der Waals surface area contributed by atoms with Gasteiger partial charge in [-0.2, -0.15) is 9.57 Å². The molecule has 0 heterocycles. The number of nitriles is 1. The molecule has 0 saturated heterocycles. The second-order valence-corrected chi connectivity index (χ2v) is 8.02. The van der Waals surface area contributed by atoms with Crippen molar-refractivity contribution in [1.82, 2.24) is 9.62 Å². The number of carbonyl (C=O) groups is 1. The molecule has 0 aliphatic rings. The van der Waals surface area contributed by atoms with Crippen LogP contribution in [0.4, 0.5) is 4.39 Å². The average molecular weight is 415 g/mol. The molecule has 8 heteroatoms. The Bertz CT molecular complexity index is 1020. The normalized spacial score (nSPS) is 12.7. The van der Waals surface area contributed by atoms with Crippen molar-refractivity contribution < 1.29 is 17.6 Å². The van der Waals surface area contributed by atoms with Gasteiger partial charge in [0.25, 0.3) is 0 Å². The lowest BCUT2D eigenvalue weighted by atomic mass is 10.1. The van der Waals surface area contributed by atoms with Crippen LogP contribution in [0.2, 0.25) is 0 Å². The second kappa shape index (κ2) is 9.96. The van der Waals surface area contributed by atoms with Gasteiger partial charge in [0.05, 0.1) is 11.0 Å². The first kappa shape index (κ1) is 22.3. The molecule has 6 nitrogen and oxygen atoms in total. The predicted molar refractivity (Wildman–Crippen MR) is 108 cm³/mol. The molecule has 0 fully saturated rings. The van der Waals surface area contributed by atoms with Crippen LogP contribution in [0.25, 0.3) is 6.08 Å². The Morgan fingerprint density at radius 3 is 2.34 bits per heavy atom. The lowest BCUT2D eigenvalue weighted by molar-refractivity contribution is -0.116. The molecule has 0 aliphatic carbocycles. The van der Waals surface area contributed by atoms with Crippen molar-refractivity contribution in [1.29, 1.82) is 5.26 Å². The van der Waals surface area contributed by atoms with E-state index in [-0.39, 0.29) is 10.5 Å². The van der Waals surface area contributed by atoms with Gasteiger partial charge in [0.2, 0.25) is 15.9 Å². The van der Waals surface area contributed by atoms with Gasteiger partial charge in [0, 0.05) is 24.7 Å². The summed E-state index contributed by atoms with van der Waals surface area (Å²) in [7, 11) is -3.54. The summed E-state index contributed by atoms with van der Waals surface area (Å²) < 4.78 is 40.1. The first-order valence-corrected chi connectivity index (χ1v) is 10.5. The highest BCUT2D eigenvalue weighted by atomic mass is 32.2.